The van der Waals surface area contributed by atoms with Crippen molar-refractivity contribution in [1.82, 2.24) is 10.9 Å². The van der Waals surface area contributed by atoms with E-state index in [-0.39, 0.29) is 12.2 Å². The van der Waals surface area contributed by atoms with Crippen LogP contribution in [0.15, 0.2) is 54.6 Å². The number of carbonyl (C=O) groups is 2. The Hall–Kier alpha value is -3.29. The fourth-order valence-electron chi connectivity index (χ4n) is 2.31. The number of nitrogens with one attached hydrogen (secondary N) is 2. The molecule has 8 heteroatoms. The Labute approximate surface area is 160 Å². The highest BCUT2D eigenvalue weighted by molar-refractivity contribution is 5.92. The van der Waals surface area contributed by atoms with E-state index in [4.69, 9.17) is 4.74 Å². The van der Waals surface area contributed by atoms with Gasteiger partial charge in [-0.2, -0.15) is 13.2 Å². The van der Waals surface area contributed by atoms with E-state index in [1.165, 1.54) is 18.2 Å². The number of amides is 2. The molecule has 0 aliphatic heterocycles. The minimum atomic E-state index is -4.46. The van der Waals surface area contributed by atoms with Crippen LogP contribution in [0.4, 0.5) is 18.0 Å². The van der Waals surface area contributed by atoms with Crippen LogP contribution in [-0.2, 0) is 22.1 Å². The molecule has 5 nitrogen and oxygen atoms in total. The van der Waals surface area contributed by atoms with Crippen molar-refractivity contribution in [3.05, 3.63) is 76.9 Å². The third-order valence-corrected chi connectivity index (χ3v) is 3.64. The van der Waals surface area contributed by atoms with Crippen molar-refractivity contribution in [3.8, 4) is 0 Å². The second-order valence-corrected chi connectivity index (χ2v) is 5.95. The number of hydrazine groups is 1. The van der Waals surface area contributed by atoms with Crippen LogP contribution < -0.4 is 10.9 Å². The van der Waals surface area contributed by atoms with Crippen LogP contribution in [-0.4, -0.2) is 18.6 Å². The van der Waals surface area contributed by atoms with Gasteiger partial charge in [-0.25, -0.2) is 10.2 Å². The summed E-state index contributed by atoms with van der Waals surface area (Å²) in [5.41, 5.74) is 5.64. The molecule has 0 radical (unpaired) electrons. The van der Waals surface area contributed by atoms with Gasteiger partial charge >= 0.3 is 12.3 Å². The van der Waals surface area contributed by atoms with E-state index in [9.17, 15) is 22.8 Å². The molecule has 2 N–H and O–H groups in total. The number of carbonyl (C=O) groups excluding carboxylic acids is 2. The lowest BCUT2D eigenvalue weighted by molar-refractivity contribution is -0.137. The third-order valence-electron chi connectivity index (χ3n) is 3.64. The number of hydrogen-bond acceptors (Lipinski definition) is 3. The van der Waals surface area contributed by atoms with Gasteiger partial charge in [-0.3, -0.25) is 10.2 Å². The predicted molar refractivity (Wildman–Crippen MR) is 98.0 cm³/mol. The lowest BCUT2D eigenvalue weighted by atomic mass is 10.1. The maximum Gasteiger partial charge on any atom is 0.426 e. The van der Waals surface area contributed by atoms with Crippen molar-refractivity contribution in [2.75, 3.05) is 6.61 Å². The summed E-state index contributed by atoms with van der Waals surface area (Å²) in [6, 6.07) is 12.3. The second kappa shape index (κ2) is 9.59. The fourth-order valence-corrected chi connectivity index (χ4v) is 2.31. The first-order valence-electron chi connectivity index (χ1n) is 8.37. The van der Waals surface area contributed by atoms with E-state index in [1.54, 1.807) is 0 Å². The van der Waals surface area contributed by atoms with E-state index >= 15 is 0 Å². The molecule has 2 amide bonds. The van der Waals surface area contributed by atoms with E-state index < -0.39 is 23.7 Å². The van der Waals surface area contributed by atoms with Crippen LogP contribution in [0, 0.1) is 6.92 Å². The molecule has 0 aliphatic rings. The van der Waals surface area contributed by atoms with Gasteiger partial charge in [-0.05, 0) is 36.3 Å². The lowest BCUT2D eigenvalue weighted by Crippen LogP contribution is -2.41. The second-order valence-electron chi connectivity index (χ2n) is 5.95. The summed E-state index contributed by atoms with van der Waals surface area (Å²) in [6.45, 7) is 2.09. The number of hydrogen-bond donors (Lipinski definition) is 2. The molecule has 0 spiro atoms. The SMILES string of the molecule is Cc1cccc(CCOC(=O)NNC(=O)C=Cc2cccc(C(F)(F)F)c2)c1. The molecule has 2 aromatic carbocycles. The monoisotopic (exact) mass is 392 g/mol. The Morgan fingerprint density at radius 3 is 2.54 bits per heavy atom. The van der Waals surface area contributed by atoms with Gasteiger partial charge in [0, 0.05) is 12.5 Å². The molecule has 0 bridgehead atoms. The molecule has 0 saturated heterocycles. The fraction of sp³-hybridized carbons (Fsp3) is 0.200. The number of ether oxygens (including phenoxy) is 1. The first kappa shape index (κ1) is 21.0. The summed E-state index contributed by atoms with van der Waals surface area (Å²) < 4.78 is 42.9. The van der Waals surface area contributed by atoms with Crippen LogP contribution in [0.5, 0.6) is 0 Å². The number of rotatable bonds is 5. The van der Waals surface area contributed by atoms with Crippen molar-refractivity contribution < 1.29 is 27.5 Å². The molecule has 28 heavy (non-hydrogen) atoms. The average molecular weight is 392 g/mol. The van der Waals surface area contributed by atoms with Crippen molar-refractivity contribution in [3.63, 3.8) is 0 Å². The number of halogens is 3. The lowest BCUT2D eigenvalue weighted by Gasteiger charge is -2.08. The summed E-state index contributed by atoms with van der Waals surface area (Å²) >= 11 is 0. The van der Waals surface area contributed by atoms with Crippen molar-refractivity contribution in [1.29, 1.82) is 0 Å². The Balaban J connectivity index is 1.74. The Morgan fingerprint density at radius 1 is 1.07 bits per heavy atom. The summed E-state index contributed by atoms with van der Waals surface area (Å²) in [5, 5.41) is 0. The van der Waals surface area contributed by atoms with Gasteiger partial charge in [-0.1, -0.05) is 42.0 Å². The van der Waals surface area contributed by atoms with E-state index in [0.29, 0.717) is 6.42 Å². The van der Waals surface area contributed by atoms with Gasteiger partial charge in [0.25, 0.3) is 5.91 Å². The Bertz CT molecular complexity index is 864. The predicted octanol–water partition coefficient (Wildman–Crippen LogP) is 4.03. The van der Waals surface area contributed by atoms with Gasteiger partial charge in [0.05, 0.1) is 12.2 Å². The quantitative estimate of drug-likeness (QED) is 0.596. The molecule has 0 aromatic heterocycles. The average Bonchev–Trinajstić information content (AvgIpc) is 2.64. The molecule has 0 heterocycles. The van der Waals surface area contributed by atoms with Gasteiger partial charge in [-0.15, -0.1) is 0 Å². The molecule has 2 rings (SSSR count). The zero-order chi connectivity index (χ0) is 20.6. The highest BCUT2D eigenvalue weighted by Gasteiger charge is 2.30. The van der Waals surface area contributed by atoms with Crippen molar-refractivity contribution in [2.45, 2.75) is 19.5 Å². The van der Waals surface area contributed by atoms with Crippen LogP contribution in [0.3, 0.4) is 0 Å². The Morgan fingerprint density at radius 2 is 1.82 bits per heavy atom. The van der Waals surface area contributed by atoms with E-state index in [1.807, 2.05) is 31.2 Å². The molecule has 0 aliphatic carbocycles. The van der Waals surface area contributed by atoms with Crippen LogP contribution in [0.2, 0.25) is 0 Å². The number of benzene rings is 2. The first-order valence-corrected chi connectivity index (χ1v) is 8.37. The smallest absolute Gasteiger partial charge is 0.426 e. The van der Waals surface area contributed by atoms with Crippen molar-refractivity contribution >= 4 is 18.1 Å². The molecule has 0 unspecified atom stereocenters. The summed E-state index contributed by atoms with van der Waals surface area (Å²) in [7, 11) is 0. The van der Waals surface area contributed by atoms with Crippen molar-refractivity contribution in [2.24, 2.45) is 0 Å². The maximum absolute atomic E-state index is 12.6. The van der Waals surface area contributed by atoms with Crippen LogP contribution >= 0.6 is 0 Å². The van der Waals surface area contributed by atoms with Crippen LogP contribution in [0.25, 0.3) is 6.08 Å². The van der Waals surface area contributed by atoms with Crippen LogP contribution in [0.1, 0.15) is 22.3 Å². The number of aryl methyl sites for hydroxylation is 1. The maximum atomic E-state index is 12.6. The summed E-state index contributed by atoms with van der Waals surface area (Å²) in [5.74, 6) is -0.715. The van der Waals surface area contributed by atoms with Gasteiger partial charge < -0.3 is 4.74 Å². The minimum absolute atomic E-state index is 0.130. The third kappa shape index (κ3) is 7.14. The van der Waals surface area contributed by atoms with Gasteiger partial charge in [0.2, 0.25) is 0 Å². The molecule has 0 saturated carbocycles. The highest BCUT2D eigenvalue weighted by atomic mass is 19.4. The summed E-state index contributed by atoms with van der Waals surface area (Å²) in [6.07, 6.45) is -2.57. The standard InChI is InChI=1S/C20H19F3N2O3/c1-14-4-2-5-16(12-14)10-11-28-19(27)25-24-18(26)9-8-15-6-3-7-17(13-15)20(21,22)23/h2-9,12-13H,10-11H2,1H3,(H,24,26)(H,25,27). The normalized spacial score (nSPS) is 11.3. The first-order chi connectivity index (χ1) is 13.2. The zero-order valence-electron chi connectivity index (χ0n) is 15.0. The summed E-state index contributed by atoms with van der Waals surface area (Å²) in [4.78, 5) is 23.2. The molecule has 2 aromatic rings. The minimum Gasteiger partial charge on any atom is -0.448 e. The van der Waals surface area contributed by atoms with Gasteiger partial charge in [0.1, 0.15) is 0 Å². The van der Waals surface area contributed by atoms with E-state index in [2.05, 4.69) is 10.9 Å². The Kier molecular flexibility index (Phi) is 7.20. The zero-order valence-corrected chi connectivity index (χ0v) is 15.0. The topological polar surface area (TPSA) is 67.4 Å². The molecular weight excluding hydrogens is 373 g/mol. The van der Waals surface area contributed by atoms with Gasteiger partial charge in [0.15, 0.2) is 0 Å². The molecule has 0 fully saturated rings. The molecule has 148 valence electrons. The number of alkyl halides is 3. The van der Waals surface area contributed by atoms with E-state index in [0.717, 1.165) is 29.3 Å². The largest absolute Gasteiger partial charge is 0.448 e. The molecular formula is C20H19F3N2O3. The molecule has 0 atom stereocenters. The highest BCUT2D eigenvalue weighted by Crippen LogP contribution is 2.29.